The van der Waals surface area contributed by atoms with E-state index in [9.17, 15) is 0 Å². The highest BCUT2D eigenvalue weighted by molar-refractivity contribution is 4.97. The zero-order chi connectivity index (χ0) is 9.52. The maximum atomic E-state index is 5.22. The number of hydrogen-bond acceptors (Lipinski definition) is 2. The van der Waals surface area contributed by atoms with Gasteiger partial charge in [0.15, 0.2) is 0 Å². The molecule has 1 aromatic heterocycles. The van der Waals surface area contributed by atoms with Crippen LogP contribution in [0, 0.1) is 5.92 Å². The van der Waals surface area contributed by atoms with E-state index < -0.39 is 0 Å². The molecule has 0 aromatic carbocycles. The third kappa shape index (κ3) is 3.64. The summed E-state index contributed by atoms with van der Waals surface area (Å²) in [5, 5.41) is 3.40. The smallest absolute Gasteiger partial charge is 0.117 e. The van der Waals surface area contributed by atoms with Gasteiger partial charge in [0.25, 0.3) is 0 Å². The highest BCUT2D eigenvalue weighted by Crippen LogP contribution is 2.06. The van der Waals surface area contributed by atoms with Crippen LogP contribution in [0.3, 0.4) is 0 Å². The van der Waals surface area contributed by atoms with E-state index in [2.05, 4.69) is 19.2 Å². The summed E-state index contributed by atoms with van der Waals surface area (Å²) >= 11 is 0. The second kappa shape index (κ2) is 5.81. The minimum absolute atomic E-state index is 0.801. The van der Waals surface area contributed by atoms with Gasteiger partial charge in [0, 0.05) is 0 Å². The van der Waals surface area contributed by atoms with Gasteiger partial charge in [-0.05, 0) is 24.6 Å². The van der Waals surface area contributed by atoms with E-state index in [4.69, 9.17) is 4.42 Å². The van der Waals surface area contributed by atoms with Crippen molar-refractivity contribution in [2.45, 2.75) is 33.2 Å². The highest BCUT2D eigenvalue weighted by atomic mass is 16.3. The third-order valence-corrected chi connectivity index (χ3v) is 2.47. The van der Waals surface area contributed by atoms with E-state index in [0.29, 0.717) is 0 Å². The van der Waals surface area contributed by atoms with Gasteiger partial charge in [0.2, 0.25) is 0 Å². The standard InChI is InChI=1S/C11H19NO/c1-3-10(4-2)8-12-9-11-6-5-7-13-11/h5-7,10,12H,3-4,8-9H2,1-2H3. The summed E-state index contributed by atoms with van der Waals surface area (Å²) in [6.45, 7) is 6.42. The maximum Gasteiger partial charge on any atom is 0.117 e. The summed E-state index contributed by atoms with van der Waals surface area (Å²) in [6, 6.07) is 3.92. The van der Waals surface area contributed by atoms with Crippen LogP contribution < -0.4 is 5.32 Å². The normalized spacial score (nSPS) is 11.0. The monoisotopic (exact) mass is 181 g/mol. The molecule has 0 aliphatic carbocycles. The Kier molecular flexibility index (Phi) is 4.61. The van der Waals surface area contributed by atoms with Crippen molar-refractivity contribution in [2.75, 3.05) is 6.54 Å². The molecule has 0 amide bonds. The molecule has 2 heteroatoms. The SMILES string of the molecule is CCC(CC)CNCc1ccco1. The molecule has 0 bridgehead atoms. The molecule has 74 valence electrons. The average Bonchev–Trinajstić information content (AvgIpc) is 2.65. The third-order valence-electron chi connectivity index (χ3n) is 2.47. The van der Waals surface area contributed by atoms with Crippen LogP contribution in [0.2, 0.25) is 0 Å². The second-order valence-electron chi connectivity index (χ2n) is 3.39. The molecular weight excluding hydrogens is 162 g/mol. The molecule has 2 nitrogen and oxygen atoms in total. The van der Waals surface area contributed by atoms with Gasteiger partial charge in [0.05, 0.1) is 12.8 Å². The quantitative estimate of drug-likeness (QED) is 0.730. The van der Waals surface area contributed by atoms with Crippen molar-refractivity contribution in [3.05, 3.63) is 24.2 Å². The molecule has 0 saturated heterocycles. The van der Waals surface area contributed by atoms with Crippen LogP contribution in [-0.2, 0) is 6.54 Å². The molecule has 0 saturated carbocycles. The predicted octanol–water partition coefficient (Wildman–Crippen LogP) is 2.81. The van der Waals surface area contributed by atoms with Gasteiger partial charge in [-0.1, -0.05) is 26.7 Å². The maximum absolute atomic E-state index is 5.22. The van der Waals surface area contributed by atoms with Crippen LogP contribution in [0.25, 0.3) is 0 Å². The van der Waals surface area contributed by atoms with Gasteiger partial charge in [-0.25, -0.2) is 0 Å². The summed E-state index contributed by atoms with van der Waals surface area (Å²) in [6.07, 6.45) is 4.22. The van der Waals surface area contributed by atoms with Crippen molar-refractivity contribution >= 4 is 0 Å². The van der Waals surface area contributed by atoms with Gasteiger partial charge in [-0.15, -0.1) is 0 Å². The molecule has 1 aromatic rings. The Morgan fingerprint density at radius 1 is 1.38 bits per heavy atom. The Balaban J connectivity index is 2.13. The second-order valence-corrected chi connectivity index (χ2v) is 3.39. The topological polar surface area (TPSA) is 25.2 Å². The molecule has 0 fully saturated rings. The molecule has 0 unspecified atom stereocenters. The number of hydrogen-bond donors (Lipinski definition) is 1. The van der Waals surface area contributed by atoms with E-state index in [1.165, 1.54) is 12.8 Å². The van der Waals surface area contributed by atoms with Crippen molar-refractivity contribution in [1.82, 2.24) is 5.32 Å². The first kappa shape index (κ1) is 10.3. The molecule has 0 atom stereocenters. The highest BCUT2D eigenvalue weighted by Gasteiger charge is 2.02. The molecule has 13 heavy (non-hydrogen) atoms. The molecule has 1 rings (SSSR count). The molecule has 0 aliphatic heterocycles. The van der Waals surface area contributed by atoms with E-state index in [1.807, 2.05) is 12.1 Å². The molecule has 1 N–H and O–H groups in total. The Hall–Kier alpha value is -0.760. The van der Waals surface area contributed by atoms with Crippen LogP contribution in [0.5, 0.6) is 0 Å². The first-order valence-corrected chi connectivity index (χ1v) is 5.09. The van der Waals surface area contributed by atoms with Crippen molar-refractivity contribution in [1.29, 1.82) is 0 Å². The van der Waals surface area contributed by atoms with Crippen molar-refractivity contribution in [2.24, 2.45) is 5.92 Å². The van der Waals surface area contributed by atoms with Crippen LogP contribution in [0.1, 0.15) is 32.4 Å². The summed E-state index contributed by atoms with van der Waals surface area (Å²) in [7, 11) is 0. The van der Waals surface area contributed by atoms with Crippen LogP contribution >= 0.6 is 0 Å². The van der Waals surface area contributed by atoms with Crippen molar-refractivity contribution in [3.63, 3.8) is 0 Å². The van der Waals surface area contributed by atoms with Crippen LogP contribution in [-0.4, -0.2) is 6.54 Å². The van der Waals surface area contributed by atoms with E-state index in [0.717, 1.165) is 24.8 Å². The number of nitrogens with one attached hydrogen (secondary N) is 1. The largest absolute Gasteiger partial charge is 0.468 e. The Morgan fingerprint density at radius 3 is 2.69 bits per heavy atom. The lowest BCUT2D eigenvalue weighted by atomic mass is 10.0. The Morgan fingerprint density at radius 2 is 2.15 bits per heavy atom. The first-order valence-electron chi connectivity index (χ1n) is 5.09. The van der Waals surface area contributed by atoms with Gasteiger partial charge in [0.1, 0.15) is 5.76 Å². The number of furan rings is 1. The minimum atomic E-state index is 0.801. The van der Waals surface area contributed by atoms with Gasteiger partial charge in [-0.3, -0.25) is 0 Å². The van der Waals surface area contributed by atoms with E-state index >= 15 is 0 Å². The molecule has 0 spiro atoms. The summed E-state index contributed by atoms with van der Waals surface area (Å²) in [5.74, 6) is 1.82. The fraction of sp³-hybridized carbons (Fsp3) is 0.636. The number of rotatable bonds is 6. The molecular formula is C11H19NO. The fourth-order valence-corrected chi connectivity index (χ4v) is 1.39. The lowest BCUT2D eigenvalue weighted by Gasteiger charge is -2.11. The first-order chi connectivity index (χ1) is 6.36. The molecule has 0 radical (unpaired) electrons. The van der Waals surface area contributed by atoms with Gasteiger partial charge >= 0.3 is 0 Å². The van der Waals surface area contributed by atoms with Crippen molar-refractivity contribution < 1.29 is 4.42 Å². The summed E-state index contributed by atoms with van der Waals surface area (Å²) < 4.78 is 5.22. The van der Waals surface area contributed by atoms with Gasteiger partial charge in [-0.2, -0.15) is 0 Å². The summed E-state index contributed by atoms with van der Waals surface area (Å²) in [4.78, 5) is 0. The summed E-state index contributed by atoms with van der Waals surface area (Å²) in [5.41, 5.74) is 0. The molecule has 0 aliphatic rings. The Labute approximate surface area is 80.3 Å². The van der Waals surface area contributed by atoms with Gasteiger partial charge < -0.3 is 9.73 Å². The Bertz CT molecular complexity index is 202. The molecule has 1 heterocycles. The van der Waals surface area contributed by atoms with Crippen LogP contribution in [0.15, 0.2) is 22.8 Å². The van der Waals surface area contributed by atoms with Crippen LogP contribution in [0.4, 0.5) is 0 Å². The zero-order valence-corrected chi connectivity index (χ0v) is 8.55. The van der Waals surface area contributed by atoms with E-state index in [1.54, 1.807) is 6.26 Å². The van der Waals surface area contributed by atoms with E-state index in [-0.39, 0.29) is 0 Å². The van der Waals surface area contributed by atoms with Crippen molar-refractivity contribution in [3.8, 4) is 0 Å². The average molecular weight is 181 g/mol. The fourth-order valence-electron chi connectivity index (χ4n) is 1.39. The zero-order valence-electron chi connectivity index (χ0n) is 8.55. The lowest BCUT2D eigenvalue weighted by molar-refractivity contribution is 0.422. The predicted molar refractivity (Wildman–Crippen MR) is 54.5 cm³/mol. The minimum Gasteiger partial charge on any atom is -0.468 e. The lowest BCUT2D eigenvalue weighted by Crippen LogP contribution is -2.21.